The minimum absolute atomic E-state index is 0.630. The van der Waals surface area contributed by atoms with Gasteiger partial charge >= 0.3 is 0 Å². The quantitative estimate of drug-likeness (QED) is 0.807. The number of nitrogens with zero attached hydrogens (tertiary/aromatic N) is 3. The van der Waals surface area contributed by atoms with Crippen LogP contribution >= 0.6 is 0 Å². The van der Waals surface area contributed by atoms with E-state index in [-0.39, 0.29) is 0 Å². The summed E-state index contributed by atoms with van der Waals surface area (Å²) in [7, 11) is 1.91. The number of nitrogens with two attached hydrogens (primary N) is 1. The molecule has 15 heavy (non-hydrogen) atoms. The molecule has 0 spiro atoms. The van der Waals surface area contributed by atoms with Crippen molar-refractivity contribution in [3.8, 4) is 11.3 Å². The van der Waals surface area contributed by atoms with E-state index in [0.717, 1.165) is 23.2 Å². The number of rotatable bonds is 3. The summed E-state index contributed by atoms with van der Waals surface area (Å²) in [6, 6.07) is 3.97. The van der Waals surface area contributed by atoms with Crippen molar-refractivity contribution in [2.75, 3.05) is 6.54 Å². The van der Waals surface area contributed by atoms with Gasteiger partial charge in [0.1, 0.15) is 0 Å². The van der Waals surface area contributed by atoms with Gasteiger partial charge in [0.25, 0.3) is 0 Å². The van der Waals surface area contributed by atoms with Crippen LogP contribution in [0.4, 0.5) is 0 Å². The second kappa shape index (κ2) is 4.23. The molecule has 2 aromatic heterocycles. The minimum Gasteiger partial charge on any atom is -0.330 e. The first-order chi connectivity index (χ1) is 7.31. The molecule has 4 nitrogen and oxygen atoms in total. The van der Waals surface area contributed by atoms with E-state index in [1.807, 2.05) is 31.6 Å². The summed E-state index contributed by atoms with van der Waals surface area (Å²) in [5, 5.41) is 4.37. The fourth-order valence-electron chi connectivity index (χ4n) is 1.59. The summed E-state index contributed by atoms with van der Waals surface area (Å²) < 4.78 is 1.79. The molecule has 0 aromatic carbocycles. The van der Waals surface area contributed by atoms with Crippen LogP contribution in [0.15, 0.2) is 30.7 Å². The molecule has 2 N–H and O–H groups in total. The van der Waals surface area contributed by atoms with E-state index >= 15 is 0 Å². The molecule has 0 aliphatic heterocycles. The lowest BCUT2D eigenvalue weighted by atomic mass is 10.1. The minimum atomic E-state index is 0.630. The summed E-state index contributed by atoms with van der Waals surface area (Å²) in [4.78, 5) is 4.11. The van der Waals surface area contributed by atoms with Crippen LogP contribution in [0.3, 0.4) is 0 Å². The van der Waals surface area contributed by atoms with Crippen molar-refractivity contribution in [3.63, 3.8) is 0 Å². The normalized spacial score (nSPS) is 10.5. The third kappa shape index (κ3) is 2.05. The zero-order chi connectivity index (χ0) is 10.7. The average molecular weight is 202 g/mol. The Morgan fingerprint density at radius 3 is 2.93 bits per heavy atom. The van der Waals surface area contributed by atoms with E-state index in [2.05, 4.69) is 10.1 Å². The van der Waals surface area contributed by atoms with E-state index in [4.69, 9.17) is 5.73 Å². The standard InChI is InChI=1S/C11H14N4/c1-15-7-4-11(14-15)10-3-6-13-8-9(10)2-5-12/h3-4,6-8H,2,5,12H2,1H3. The van der Waals surface area contributed by atoms with Crippen molar-refractivity contribution in [2.45, 2.75) is 6.42 Å². The van der Waals surface area contributed by atoms with Crippen molar-refractivity contribution in [1.29, 1.82) is 0 Å². The van der Waals surface area contributed by atoms with Gasteiger partial charge in [0.15, 0.2) is 0 Å². The van der Waals surface area contributed by atoms with Gasteiger partial charge < -0.3 is 5.73 Å². The summed E-state index contributed by atoms with van der Waals surface area (Å²) in [6.45, 7) is 0.630. The highest BCUT2D eigenvalue weighted by Crippen LogP contribution is 2.20. The van der Waals surface area contributed by atoms with E-state index < -0.39 is 0 Å². The van der Waals surface area contributed by atoms with Crippen LogP contribution in [0.5, 0.6) is 0 Å². The Morgan fingerprint density at radius 1 is 1.40 bits per heavy atom. The lowest BCUT2D eigenvalue weighted by molar-refractivity contribution is 0.770. The largest absolute Gasteiger partial charge is 0.330 e. The zero-order valence-corrected chi connectivity index (χ0v) is 8.72. The van der Waals surface area contributed by atoms with E-state index in [1.165, 1.54) is 0 Å². The number of aryl methyl sites for hydroxylation is 1. The Balaban J connectivity index is 2.42. The van der Waals surface area contributed by atoms with Crippen molar-refractivity contribution in [2.24, 2.45) is 12.8 Å². The first-order valence-electron chi connectivity index (χ1n) is 4.94. The molecule has 0 radical (unpaired) electrons. The van der Waals surface area contributed by atoms with Gasteiger partial charge in [0.2, 0.25) is 0 Å². The third-order valence-electron chi connectivity index (χ3n) is 2.31. The van der Waals surface area contributed by atoms with Gasteiger partial charge in [-0.15, -0.1) is 0 Å². The first-order valence-corrected chi connectivity index (χ1v) is 4.94. The van der Waals surface area contributed by atoms with Gasteiger partial charge in [-0.3, -0.25) is 9.67 Å². The Morgan fingerprint density at radius 2 is 2.27 bits per heavy atom. The molecule has 0 bridgehead atoms. The fourth-order valence-corrected chi connectivity index (χ4v) is 1.59. The Bertz CT molecular complexity index is 447. The molecule has 0 aliphatic carbocycles. The maximum Gasteiger partial charge on any atom is 0.0926 e. The van der Waals surface area contributed by atoms with Gasteiger partial charge in [0.05, 0.1) is 5.69 Å². The summed E-state index contributed by atoms with van der Waals surface area (Å²) in [5.41, 5.74) is 8.81. The summed E-state index contributed by atoms with van der Waals surface area (Å²) in [5.74, 6) is 0. The van der Waals surface area contributed by atoms with Crippen LogP contribution < -0.4 is 5.73 Å². The third-order valence-corrected chi connectivity index (χ3v) is 2.31. The molecule has 78 valence electrons. The van der Waals surface area contributed by atoms with Gasteiger partial charge in [-0.25, -0.2) is 0 Å². The molecule has 2 rings (SSSR count). The molecule has 0 saturated carbocycles. The summed E-state index contributed by atoms with van der Waals surface area (Å²) in [6.07, 6.45) is 6.41. The Labute approximate surface area is 88.8 Å². The lowest BCUT2D eigenvalue weighted by Gasteiger charge is -2.04. The molecule has 2 heterocycles. The monoisotopic (exact) mass is 202 g/mol. The molecule has 0 fully saturated rings. The molecular weight excluding hydrogens is 188 g/mol. The second-order valence-electron chi connectivity index (χ2n) is 3.45. The topological polar surface area (TPSA) is 56.7 Å². The molecule has 0 unspecified atom stereocenters. The van der Waals surface area contributed by atoms with E-state index in [9.17, 15) is 0 Å². The molecule has 0 saturated heterocycles. The Kier molecular flexibility index (Phi) is 2.78. The van der Waals surface area contributed by atoms with Gasteiger partial charge in [-0.2, -0.15) is 5.10 Å². The molecule has 0 atom stereocenters. The zero-order valence-electron chi connectivity index (χ0n) is 8.72. The van der Waals surface area contributed by atoms with E-state index in [0.29, 0.717) is 6.54 Å². The highest BCUT2D eigenvalue weighted by atomic mass is 15.2. The second-order valence-corrected chi connectivity index (χ2v) is 3.45. The maximum absolute atomic E-state index is 5.56. The van der Waals surface area contributed by atoms with Gasteiger partial charge in [0, 0.05) is 31.2 Å². The van der Waals surface area contributed by atoms with Crippen molar-refractivity contribution in [3.05, 3.63) is 36.3 Å². The molecule has 0 aliphatic rings. The van der Waals surface area contributed by atoms with Crippen LogP contribution in [-0.2, 0) is 13.5 Å². The number of hydrogen-bond donors (Lipinski definition) is 1. The van der Waals surface area contributed by atoms with Crippen molar-refractivity contribution in [1.82, 2.24) is 14.8 Å². The van der Waals surface area contributed by atoms with Crippen LogP contribution in [0.1, 0.15) is 5.56 Å². The van der Waals surface area contributed by atoms with Gasteiger partial charge in [-0.1, -0.05) is 0 Å². The fraction of sp³-hybridized carbons (Fsp3) is 0.273. The van der Waals surface area contributed by atoms with Gasteiger partial charge in [-0.05, 0) is 30.7 Å². The van der Waals surface area contributed by atoms with E-state index in [1.54, 1.807) is 10.9 Å². The van der Waals surface area contributed by atoms with Crippen LogP contribution in [0, 0.1) is 0 Å². The van der Waals surface area contributed by atoms with Crippen molar-refractivity contribution < 1.29 is 0 Å². The Hall–Kier alpha value is -1.68. The smallest absolute Gasteiger partial charge is 0.0926 e. The number of aromatic nitrogens is 3. The number of pyridine rings is 1. The predicted octanol–water partition coefficient (Wildman–Crippen LogP) is 0.983. The van der Waals surface area contributed by atoms with Crippen LogP contribution in [-0.4, -0.2) is 21.3 Å². The molecular formula is C11H14N4. The average Bonchev–Trinajstić information content (AvgIpc) is 2.66. The summed E-state index contributed by atoms with van der Waals surface area (Å²) >= 11 is 0. The van der Waals surface area contributed by atoms with Crippen LogP contribution in [0.25, 0.3) is 11.3 Å². The lowest BCUT2D eigenvalue weighted by Crippen LogP contribution is -2.04. The number of hydrogen-bond acceptors (Lipinski definition) is 3. The maximum atomic E-state index is 5.56. The predicted molar refractivity (Wildman–Crippen MR) is 59.2 cm³/mol. The highest BCUT2D eigenvalue weighted by Gasteiger charge is 2.06. The van der Waals surface area contributed by atoms with Crippen molar-refractivity contribution >= 4 is 0 Å². The SMILES string of the molecule is Cn1ccc(-c2ccncc2CCN)n1. The molecule has 2 aromatic rings. The van der Waals surface area contributed by atoms with Crippen LogP contribution in [0.2, 0.25) is 0 Å². The molecule has 4 heteroatoms. The highest BCUT2D eigenvalue weighted by molar-refractivity contribution is 5.62. The first kappa shape index (κ1) is 9.86. The molecule has 0 amide bonds.